The van der Waals surface area contributed by atoms with Crippen LogP contribution in [0.25, 0.3) is 0 Å². The van der Waals surface area contributed by atoms with Crippen LogP contribution < -0.4 is 4.74 Å². The van der Waals surface area contributed by atoms with Crippen LogP contribution in [0.4, 0.5) is 0 Å². The van der Waals surface area contributed by atoms with Crippen LogP contribution in [0.3, 0.4) is 0 Å². The third-order valence-corrected chi connectivity index (χ3v) is 3.28. The molecule has 2 aromatic rings. The molecular formula is C17H17ClN2O. The Bertz CT molecular complexity index is 637. The van der Waals surface area contributed by atoms with Crippen molar-refractivity contribution in [2.24, 2.45) is 0 Å². The highest BCUT2D eigenvalue weighted by Gasteiger charge is 2.02. The Balaban J connectivity index is 1.79. The van der Waals surface area contributed by atoms with E-state index >= 15 is 0 Å². The smallest absolute Gasteiger partial charge is 0.120 e. The zero-order valence-corrected chi connectivity index (χ0v) is 12.7. The molecule has 0 heterocycles. The number of nitrogens with zero attached hydrogens (tertiary/aromatic N) is 2. The highest BCUT2D eigenvalue weighted by Crippen LogP contribution is 2.13. The Morgan fingerprint density at radius 3 is 2.76 bits per heavy atom. The van der Waals surface area contributed by atoms with E-state index in [0.29, 0.717) is 12.2 Å². The van der Waals surface area contributed by atoms with Crippen molar-refractivity contribution < 1.29 is 4.74 Å². The molecule has 0 unspecified atom stereocenters. The van der Waals surface area contributed by atoms with E-state index in [-0.39, 0.29) is 0 Å². The van der Waals surface area contributed by atoms with Gasteiger partial charge in [0.2, 0.25) is 0 Å². The minimum Gasteiger partial charge on any atom is -0.492 e. The van der Waals surface area contributed by atoms with E-state index in [1.54, 1.807) is 12.1 Å². The maximum Gasteiger partial charge on any atom is 0.120 e. The summed E-state index contributed by atoms with van der Waals surface area (Å²) in [7, 11) is 2.04. The van der Waals surface area contributed by atoms with Crippen LogP contribution in [0.15, 0.2) is 48.5 Å². The number of rotatable bonds is 6. The van der Waals surface area contributed by atoms with Gasteiger partial charge in [-0.3, -0.25) is 4.90 Å². The molecule has 0 radical (unpaired) electrons. The molecule has 0 bridgehead atoms. The molecule has 3 nitrogen and oxygen atoms in total. The molecule has 21 heavy (non-hydrogen) atoms. The van der Waals surface area contributed by atoms with E-state index in [1.165, 1.54) is 5.56 Å². The predicted octanol–water partition coefficient (Wildman–Crippen LogP) is 3.72. The number of ether oxygens (including phenoxy) is 1. The van der Waals surface area contributed by atoms with Crippen LogP contribution in [0, 0.1) is 11.3 Å². The van der Waals surface area contributed by atoms with Gasteiger partial charge in [0.05, 0.1) is 11.6 Å². The van der Waals surface area contributed by atoms with Crippen molar-refractivity contribution in [1.29, 1.82) is 5.26 Å². The van der Waals surface area contributed by atoms with Crippen molar-refractivity contribution in [1.82, 2.24) is 4.90 Å². The molecule has 0 amide bonds. The Hall–Kier alpha value is -2.02. The van der Waals surface area contributed by atoms with Gasteiger partial charge in [-0.15, -0.1) is 0 Å². The standard InChI is InChI=1S/C17H17ClN2O/c1-20(13-15-5-2-6-16(18)10-15)8-9-21-17-7-3-4-14(11-17)12-19/h2-7,10-11H,8-9,13H2,1H3. The second kappa shape index (κ2) is 7.68. The summed E-state index contributed by atoms with van der Waals surface area (Å²) in [6.07, 6.45) is 0. The molecular weight excluding hydrogens is 284 g/mol. The average molecular weight is 301 g/mol. The zero-order chi connectivity index (χ0) is 15.1. The maximum absolute atomic E-state index is 8.84. The second-order valence-corrected chi connectivity index (χ2v) is 5.29. The first-order chi connectivity index (χ1) is 10.2. The topological polar surface area (TPSA) is 36.3 Å². The third-order valence-electron chi connectivity index (χ3n) is 3.05. The van der Waals surface area contributed by atoms with Crippen molar-refractivity contribution in [3.8, 4) is 11.8 Å². The molecule has 0 aromatic heterocycles. The average Bonchev–Trinajstić information content (AvgIpc) is 2.47. The number of hydrogen-bond acceptors (Lipinski definition) is 3. The lowest BCUT2D eigenvalue weighted by molar-refractivity contribution is 0.233. The Labute approximate surface area is 130 Å². The Kier molecular flexibility index (Phi) is 5.62. The summed E-state index contributed by atoms with van der Waals surface area (Å²) in [4.78, 5) is 2.17. The molecule has 0 atom stereocenters. The van der Waals surface area contributed by atoms with Crippen molar-refractivity contribution in [3.05, 3.63) is 64.7 Å². The summed E-state index contributed by atoms with van der Waals surface area (Å²) in [5.74, 6) is 0.727. The molecule has 0 N–H and O–H groups in total. The van der Waals surface area contributed by atoms with Crippen LogP contribution in [-0.4, -0.2) is 25.1 Å². The quantitative estimate of drug-likeness (QED) is 0.815. The van der Waals surface area contributed by atoms with Crippen molar-refractivity contribution in [3.63, 3.8) is 0 Å². The first-order valence-electron chi connectivity index (χ1n) is 6.73. The minimum absolute atomic E-state index is 0.575. The first kappa shape index (κ1) is 15.4. The van der Waals surface area contributed by atoms with Gasteiger partial charge < -0.3 is 4.74 Å². The molecule has 0 aliphatic heterocycles. The second-order valence-electron chi connectivity index (χ2n) is 4.86. The molecule has 0 aliphatic carbocycles. The molecule has 108 valence electrons. The lowest BCUT2D eigenvalue weighted by atomic mass is 10.2. The number of likely N-dealkylation sites (N-methyl/N-ethyl adjacent to an activating group) is 1. The molecule has 0 spiro atoms. The third kappa shape index (κ3) is 5.11. The van der Waals surface area contributed by atoms with Gasteiger partial charge in [-0.05, 0) is 42.9 Å². The van der Waals surface area contributed by atoms with Crippen LogP contribution in [0.2, 0.25) is 5.02 Å². The van der Waals surface area contributed by atoms with E-state index in [9.17, 15) is 0 Å². The molecule has 2 aromatic carbocycles. The van der Waals surface area contributed by atoms with Gasteiger partial charge in [-0.1, -0.05) is 29.8 Å². The highest BCUT2D eigenvalue weighted by molar-refractivity contribution is 6.30. The first-order valence-corrected chi connectivity index (χ1v) is 7.11. The molecule has 0 saturated carbocycles. The van der Waals surface area contributed by atoms with Gasteiger partial charge in [0.25, 0.3) is 0 Å². The van der Waals surface area contributed by atoms with Crippen molar-refractivity contribution in [2.75, 3.05) is 20.2 Å². The van der Waals surface area contributed by atoms with Crippen LogP contribution in [-0.2, 0) is 6.54 Å². The van der Waals surface area contributed by atoms with E-state index in [2.05, 4.69) is 17.0 Å². The van der Waals surface area contributed by atoms with E-state index in [1.807, 2.05) is 37.4 Å². The van der Waals surface area contributed by atoms with Crippen molar-refractivity contribution in [2.45, 2.75) is 6.54 Å². The summed E-state index contributed by atoms with van der Waals surface area (Å²) in [5, 5.41) is 9.59. The SMILES string of the molecule is CN(CCOc1cccc(C#N)c1)Cc1cccc(Cl)c1. The number of nitriles is 1. The Morgan fingerprint density at radius 2 is 2.00 bits per heavy atom. The number of hydrogen-bond donors (Lipinski definition) is 0. The fourth-order valence-electron chi connectivity index (χ4n) is 2.00. The predicted molar refractivity (Wildman–Crippen MR) is 84.4 cm³/mol. The summed E-state index contributed by atoms with van der Waals surface area (Å²) >= 11 is 5.97. The van der Waals surface area contributed by atoms with Gasteiger partial charge >= 0.3 is 0 Å². The lowest BCUT2D eigenvalue weighted by Gasteiger charge is -2.17. The van der Waals surface area contributed by atoms with Crippen LogP contribution >= 0.6 is 11.6 Å². The zero-order valence-electron chi connectivity index (χ0n) is 11.9. The fourth-order valence-corrected chi connectivity index (χ4v) is 2.21. The maximum atomic E-state index is 8.84. The van der Waals surface area contributed by atoms with Gasteiger partial charge in [-0.25, -0.2) is 0 Å². The Morgan fingerprint density at radius 1 is 1.19 bits per heavy atom. The van der Waals surface area contributed by atoms with E-state index < -0.39 is 0 Å². The monoisotopic (exact) mass is 300 g/mol. The summed E-state index contributed by atoms with van der Waals surface area (Å²) in [6, 6.07) is 17.1. The molecule has 4 heteroatoms. The minimum atomic E-state index is 0.575. The largest absolute Gasteiger partial charge is 0.492 e. The van der Waals surface area contributed by atoms with E-state index in [0.717, 1.165) is 23.9 Å². The van der Waals surface area contributed by atoms with Crippen LogP contribution in [0.1, 0.15) is 11.1 Å². The van der Waals surface area contributed by atoms with Gasteiger partial charge in [0, 0.05) is 18.1 Å². The summed E-state index contributed by atoms with van der Waals surface area (Å²) in [5.41, 5.74) is 1.79. The lowest BCUT2D eigenvalue weighted by Crippen LogP contribution is -2.23. The fraction of sp³-hybridized carbons (Fsp3) is 0.235. The summed E-state index contributed by atoms with van der Waals surface area (Å²) in [6.45, 7) is 2.19. The highest BCUT2D eigenvalue weighted by atomic mass is 35.5. The molecule has 0 fully saturated rings. The van der Waals surface area contributed by atoms with Gasteiger partial charge in [0.1, 0.15) is 12.4 Å². The molecule has 0 aliphatic rings. The number of benzene rings is 2. The van der Waals surface area contributed by atoms with Crippen LogP contribution in [0.5, 0.6) is 5.75 Å². The van der Waals surface area contributed by atoms with Crippen molar-refractivity contribution >= 4 is 11.6 Å². The number of halogens is 1. The molecule has 2 rings (SSSR count). The van der Waals surface area contributed by atoms with Gasteiger partial charge in [-0.2, -0.15) is 5.26 Å². The van der Waals surface area contributed by atoms with E-state index in [4.69, 9.17) is 21.6 Å². The van der Waals surface area contributed by atoms with Gasteiger partial charge in [0.15, 0.2) is 0 Å². The normalized spacial score (nSPS) is 10.4. The molecule has 0 saturated heterocycles. The summed E-state index contributed by atoms with van der Waals surface area (Å²) < 4.78 is 5.66.